The van der Waals surface area contributed by atoms with Gasteiger partial charge in [0.25, 0.3) is 5.91 Å². The lowest BCUT2D eigenvalue weighted by molar-refractivity contribution is -0.138. The van der Waals surface area contributed by atoms with Crippen LogP contribution in [0.2, 0.25) is 0 Å². The fraction of sp³-hybridized carbons (Fsp3) is 0.185. The molecule has 2 heterocycles. The number of anilines is 2. The highest BCUT2D eigenvalue weighted by atomic mass is 16.5. The third kappa shape index (κ3) is 5.93. The summed E-state index contributed by atoms with van der Waals surface area (Å²) >= 11 is 0. The Balaban J connectivity index is 1.69. The van der Waals surface area contributed by atoms with Gasteiger partial charge in [-0.3, -0.25) is 18.8 Å². The minimum atomic E-state index is -0.449. The number of carbonyl (C=O) groups is 3. The number of pyridine rings is 1. The van der Waals surface area contributed by atoms with Gasteiger partial charge in [0.15, 0.2) is 5.65 Å². The van der Waals surface area contributed by atoms with Crippen LogP contribution >= 0.6 is 0 Å². The standard InChI is InChI=1S/C27H28N6O4/c1-17(34)31-21-10-8-20(9-11-21)24-26(29-16-23(35)37-2)33-12-4-7-22(25(33)32-24)27(36)30-15-19-6-3-5-18(13-19)14-28/h3-13,29H,14-16,28H2,1-2H3,(H,30,36)(H,31,34). The lowest BCUT2D eigenvalue weighted by atomic mass is 10.1. The van der Waals surface area contributed by atoms with Crippen LogP contribution in [0.1, 0.15) is 28.4 Å². The monoisotopic (exact) mass is 500 g/mol. The Bertz CT molecular complexity index is 1450. The molecule has 0 aliphatic carbocycles. The second kappa shape index (κ2) is 11.4. The molecule has 0 unspecified atom stereocenters. The summed E-state index contributed by atoms with van der Waals surface area (Å²) in [5.74, 6) is -0.388. The average molecular weight is 501 g/mol. The number of carbonyl (C=O) groups excluding carboxylic acids is 3. The zero-order chi connectivity index (χ0) is 26.4. The number of imidazole rings is 1. The fourth-order valence-electron chi connectivity index (χ4n) is 3.90. The summed E-state index contributed by atoms with van der Waals surface area (Å²) in [6.07, 6.45) is 1.76. The van der Waals surface area contributed by atoms with E-state index in [9.17, 15) is 14.4 Å². The van der Waals surface area contributed by atoms with Gasteiger partial charge in [-0.05, 0) is 35.4 Å². The maximum atomic E-state index is 13.2. The number of amides is 2. The van der Waals surface area contributed by atoms with E-state index >= 15 is 0 Å². The molecule has 10 heteroatoms. The van der Waals surface area contributed by atoms with Gasteiger partial charge in [0.2, 0.25) is 5.91 Å². The largest absolute Gasteiger partial charge is 0.468 e. The van der Waals surface area contributed by atoms with Crippen molar-refractivity contribution in [3.63, 3.8) is 0 Å². The molecule has 0 spiro atoms. The number of benzene rings is 2. The molecular weight excluding hydrogens is 472 g/mol. The van der Waals surface area contributed by atoms with E-state index in [1.165, 1.54) is 14.0 Å². The molecule has 5 N–H and O–H groups in total. The van der Waals surface area contributed by atoms with E-state index in [-0.39, 0.29) is 18.4 Å². The van der Waals surface area contributed by atoms with Crippen molar-refractivity contribution in [3.05, 3.63) is 83.6 Å². The summed E-state index contributed by atoms with van der Waals surface area (Å²) < 4.78 is 6.49. The van der Waals surface area contributed by atoms with Crippen LogP contribution in [-0.2, 0) is 27.4 Å². The first-order valence-electron chi connectivity index (χ1n) is 11.7. The zero-order valence-corrected chi connectivity index (χ0v) is 20.6. The number of nitrogens with one attached hydrogen (secondary N) is 3. The highest BCUT2D eigenvalue weighted by molar-refractivity contribution is 6.01. The second-order valence-electron chi connectivity index (χ2n) is 8.32. The minimum absolute atomic E-state index is 0.0881. The lowest BCUT2D eigenvalue weighted by Crippen LogP contribution is -2.23. The molecule has 0 fully saturated rings. The molecule has 0 aliphatic rings. The molecule has 0 aliphatic heterocycles. The topological polar surface area (TPSA) is 140 Å². The van der Waals surface area contributed by atoms with Gasteiger partial charge in [-0.15, -0.1) is 0 Å². The van der Waals surface area contributed by atoms with E-state index in [4.69, 9.17) is 15.5 Å². The van der Waals surface area contributed by atoms with Gasteiger partial charge in [-0.1, -0.05) is 36.4 Å². The van der Waals surface area contributed by atoms with Gasteiger partial charge in [-0.2, -0.15) is 0 Å². The first-order valence-corrected chi connectivity index (χ1v) is 11.7. The lowest BCUT2D eigenvalue weighted by Gasteiger charge is -2.10. The Morgan fingerprint density at radius 1 is 1.03 bits per heavy atom. The van der Waals surface area contributed by atoms with Crippen molar-refractivity contribution in [1.82, 2.24) is 14.7 Å². The predicted molar refractivity (Wildman–Crippen MR) is 141 cm³/mol. The first-order chi connectivity index (χ1) is 17.9. The molecule has 0 atom stereocenters. The molecule has 2 aromatic heterocycles. The maximum absolute atomic E-state index is 13.2. The van der Waals surface area contributed by atoms with E-state index < -0.39 is 5.97 Å². The quantitative estimate of drug-likeness (QED) is 0.259. The second-order valence-corrected chi connectivity index (χ2v) is 8.32. The van der Waals surface area contributed by atoms with Crippen LogP contribution in [0.15, 0.2) is 66.9 Å². The van der Waals surface area contributed by atoms with Crippen LogP contribution in [0.25, 0.3) is 16.9 Å². The van der Waals surface area contributed by atoms with Crippen molar-refractivity contribution < 1.29 is 19.1 Å². The number of nitrogens with zero attached hydrogens (tertiary/aromatic N) is 2. The average Bonchev–Trinajstić information content (AvgIpc) is 3.29. The third-order valence-corrected chi connectivity index (χ3v) is 5.68. The first kappa shape index (κ1) is 25.4. The van der Waals surface area contributed by atoms with E-state index in [1.807, 2.05) is 24.3 Å². The van der Waals surface area contributed by atoms with Gasteiger partial charge in [0, 0.05) is 37.5 Å². The summed E-state index contributed by atoms with van der Waals surface area (Å²) in [4.78, 5) is 41.2. The fourth-order valence-corrected chi connectivity index (χ4v) is 3.90. The van der Waals surface area contributed by atoms with Crippen molar-refractivity contribution in [3.8, 4) is 11.3 Å². The third-order valence-electron chi connectivity index (χ3n) is 5.68. The number of fused-ring (bicyclic) bond motifs is 1. The number of methoxy groups -OCH3 is 1. The highest BCUT2D eigenvalue weighted by Crippen LogP contribution is 2.31. The summed E-state index contributed by atoms with van der Waals surface area (Å²) in [5, 5.41) is 8.76. The molecule has 0 saturated carbocycles. The Morgan fingerprint density at radius 3 is 2.49 bits per heavy atom. The van der Waals surface area contributed by atoms with E-state index in [1.54, 1.807) is 47.0 Å². The van der Waals surface area contributed by atoms with Gasteiger partial charge in [0.05, 0.1) is 12.7 Å². The molecule has 0 radical (unpaired) electrons. The smallest absolute Gasteiger partial charge is 0.325 e. The predicted octanol–water partition coefficient (Wildman–Crippen LogP) is 2.93. The van der Waals surface area contributed by atoms with Crippen molar-refractivity contribution in [2.75, 3.05) is 24.3 Å². The summed E-state index contributed by atoms with van der Waals surface area (Å²) in [6, 6.07) is 18.3. The van der Waals surface area contributed by atoms with E-state index in [0.717, 1.165) is 16.7 Å². The number of esters is 1. The molecule has 190 valence electrons. The van der Waals surface area contributed by atoms with E-state index in [2.05, 4.69) is 16.0 Å². The van der Waals surface area contributed by atoms with Gasteiger partial charge < -0.3 is 26.4 Å². The normalized spacial score (nSPS) is 10.7. The SMILES string of the molecule is COC(=O)CNc1c(-c2ccc(NC(C)=O)cc2)nc2c(C(=O)NCc3cccc(CN)c3)cccn12. The molecule has 0 bridgehead atoms. The van der Waals surface area contributed by atoms with Gasteiger partial charge in [0.1, 0.15) is 18.1 Å². The number of nitrogens with two attached hydrogens (primary N) is 1. The molecule has 4 aromatic rings. The number of ether oxygens (including phenoxy) is 1. The van der Waals surface area contributed by atoms with E-state index in [0.29, 0.717) is 41.5 Å². The van der Waals surface area contributed by atoms with Crippen molar-refractivity contribution >= 4 is 34.9 Å². The summed E-state index contributed by atoms with van der Waals surface area (Å²) in [6.45, 7) is 2.10. The molecule has 37 heavy (non-hydrogen) atoms. The summed E-state index contributed by atoms with van der Waals surface area (Å²) in [7, 11) is 1.31. The number of hydrogen-bond acceptors (Lipinski definition) is 7. The van der Waals surface area contributed by atoms with Gasteiger partial charge >= 0.3 is 5.97 Å². The van der Waals surface area contributed by atoms with Crippen molar-refractivity contribution in [2.24, 2.45) is 5.73 Å². The number of aromatic nitrogens is 2. The van der Waals surface area contributed by atoms with Crippen LogP contribution in [-0.4, -0.2) is 40.8 Å². The van der Waals surface area contributed by atoms with Crippen molar-refractivity contribution in [2.45, 2.75) is 20.0 Å². The zero-order valence-electron chi connectivity index (χ0n) is 20.6. The molecule has 10 nitrogen and oxygen atoms in total. The Kier molecular flexibility index (Phi) is 7.80. The molecule has 2 amide bonds. The maximum Gasteiger partial charge on any atom is 0.325 e. The molecule has 4 rings (SSSR count). The van der Waals surface area contributed by atoms with Gasteiger partial charge in [-0.25, -0.2) is 4.98 Å². The van der Waals surface area contributed by atoms with Crippen molar-refractivity contribution in [1.29, 1.82) is 0 Å². The number of rotatable bonds is 9. The minimum Gasteiger partial charge on any atom is -0.468 e. The van der Waals surface area contributed by atoms with Crippen LogP contribution < -0.4 is 21.7 Å². The Labute approximate surface area is 213 Å². The molecule has 2 aromatic carbocycles. The highest BCUT2D eigenvalue weighted by Gasteiger charge is 2.20. The molecular formula is C27H28N6O4. The number of hydrogen-bond donors (Lipinski definition) is 4. The van der Waals surface area contributed by atoms with Crippen LogP contribution in [0.4, 0.5) is 11.5 Å². The van der Waals surface area contributed by atoms with Crippen LogP contribution in [0.5, 0.6) is 0 Å². The van der Waals surface area contributed by atoms with Crippen LogP contribution in [0, 0.1) is 0 Å². The molecule has 0 saturated heterocycles. The Morgan fingerprint density at radius 2 is 1.78 bits per heavy atom. The Hall–Kier alpha value is -4.70. The summed E-state index contributed by atoms with van der Waals surface area (Å²) in [5.41, 5.74) is 10.3. The van der Waals surface area contributed by atoms with Crippen LogP contribution in [0.3, 0.4) is 0 Å².